The Kier molecular flexibility index (Phi) is 2.67. The number of hydrogen-bond donors (Lipinski definition) is 1. The van der Waals surface area contributed by atoms with Crippen molar-refractivity contribution in [2.45, 2.75) is 44.6 Å². The maximum atomic E-state index is 6.60. The van der Waals surface area contributed by atoms with Gasteiger partial charge in [-0.1, -0.05) is 25.3 Å². The molecule has 0 aliphatic heterocycles. The normalized spacial score (nSPS) is 19.3. The number of rotatable bonds is 1. The number of hydrogen-bond acceptors (Lipinski definition) is 2. The second-order valence-corrected chi connectivity index (χ2v) is 5.70. The molecule has 1 heterocycles. The van der Waals surface area contributed by atoms with Crippen LogP contribution in [0.4, 0.5) is 0 Å². The van der Waals surface area contributed by atoms with Gasteiger partial charge in [-0.2, -0.15) is 0 Å². The van der Waals surface area contributed by atoms with Crippen LogP contribution in [0.2, 0.25) is 0 Å². The molecule has 1 aliphatic carbocycles. The number of fused-ring (bicyclic) bond motifs is 1. The average Bonchev–Trinajstić information content (AvgIpc) is 2.68. The molecule has 0 amide bonds. The lowest BCUT2D eigenvalue weighted by Gasteiger charge is -2.32. The van der Waals surface area contributed by atoms with Crippen LogP contribution in [-0.4, -0.2) is 9.55 Å². The zero-order valence-corrected chi connectivity index (χ0v) is 11.2. The van der Waals surface area contributed by atoms with Crippen molar-refractivity contribution < 1.29 is 0 Å². The molecule has 0 atom stereocenters. The van der Waals surface area contributed by atoms with Gasteiger partial charge >= 0.3 is 0 Å². The Labute approximate surface area is 108 Å². The Bertz CT molecular complexity index is 577. The monoisotopic (exact) mass is 243 g/mol. The van der Waals surface area contributed by atoms with Crippen molar-refractivity contribution in [3.63, 3.8) is 0 Å². The smallest absolute Gasteiger partial charge is 0.129 e. The van der Waals surface area contributed by atoms with Crippen molar-refractivity contribution in [1.29, 1.82) is 0 Å². The fourth-order valence-electron chi connectivity index (χ4n) is 3.16. The highest BCUT2D eigenvalue weighted by atomic mass is 15.1. The van der Waals surface area contributed by atoms with Crippen LogP contribution in [0.3, 0.4) is 0 Å². The van der Waals surface area contributed by atoms with E-state index in [1.54, 1.807) is 0 Å². The van der Waals surface area contributed by atoms with E-state index in [9.17, 15) is 0 Å². The quantitative estimate of drug-likeness (QED) is 0.836. The van der Waals surface area contributed by atoms with Gasteiger partial charge in [0, 0.05) is 7.05 Å². The van der Waals surface area contributed by atoms with Crippen LogP contribution in [0.15, 0.2) is 18.2 Å². The van der Waals surface area contributed by atoms with E-state index in [2.05, 4.69) is 36.7 Å². The van der Waals surface area contributed by atoms with Crippen LogP contribution < -0.4 is 5.73 Å². The maximum absolute atomic E-state index is 6.60. The Hall–Kier alpha value is -1.35. The first-order chi connectivity index (χ1) is 8.60. The van der Waals surface area contributed by atoms with Gasteiger partial charge in [-0.3, -0.25) is 0 Å². The highest BCUT2D eigenvalue weighted by molar-refractivity contribution is 5.77. The summed E-state index contributed by atoms with van der Waals surface area (Å²) in [4.78, 5) is 4.81. The lowest BCUT2D eigenvalue weighted by atomic mass is 9.82. The second kappa shape index (κ2) is 4.09. The van der Waals surface area contributed by atoms with Gasteiger partial charge in [0.05, 0.1) is 16.6 Å². The van der Waals surface area contributed by atoms with E-state index in [1.807, 2.05) is 0 Å². The molecule has 0 bridgehead atoms. The number of nitrogens with zero attached hydrogens (tertiary/aromatic N) is 2. The lowest BCUT2D eigenvalue weighted by Crippen LogP contribution is -2.41. The zero-order chi connectivity index (χ0) is 12.8. The molecule has 1 aromatic carbocycles. The molecular formula is C15H21N3. The molecule has 0 spiro atoms. The predicted molar refractivity (Wildman–Crippen MR) is 74.4 cm³/mol. The maximum Gasteiger partial charge on any atom is 0.129 e. The SMILES string of the molecule is Cc1ccc2c(c1)nc(C1(N)CCCCC1)n2C. The van der Waals surface area contributed by atoms with E-state index in [-0.39, 0.29) is 5.54 Å². The molecule has 1 saturated carbocycles. The summed E-state index contributed by atoms with van der Waals surface area (Å²) in [5, 5.41) is 0. The molecule has 96 valence electrons. The number of nitrogens with two attached hydrogens (primary N) is 1. The number of aryl methyl sites for hydroxylation is 2. The summed E-state index contributed by atoms with van der Waals surface area (Å²) in [6.07, 6.45) is 5.87. The minimum atomic E-state index is -0.222. The average molecular weight is 243 g/mol. The molecule has 3 nitrogen and oxygen atoms in total. The van der Waals surface area contributed by atoms with Gasteiger partial charge in [0.25, 0.3) is 0 Å². The highest BCUT2D eigenvalue weighted by Gasteiger charge is 2.33. The summed E-state index contributed by atoms with van der Waals surface area (Å²) < 4.78 is 2.18. The molecule has 1 aliphatic rings. The van der Waals surface area contributed by atoms with Gasteiger partial charge in [-0.25, -0.2) is 4.98 Å². The van der Waals surface area contributed by atoms with Gasteiger partial charge < -0.3 is 10.3 Å². The Morgan fingerprint density at radius 1 is 1.22 bits per heavy atom. The van der Waals surface area contributed by atoms with E-state index >= 15 is 0 Å². The van der Waals surface area contributed by atoms with Gasteiger partial charge in [0.2, 0.25) is 0 Å². The summed E-state index contributed by atoms with van der Waals surface area (Å²) in [5.74, 6) is 1.06. The van der Waals surface area contributed by atoms with Gasteiger partial charge in [-0.15, -0.1) is 0 Å². The van der Waals surface area contributed by atoms with Crippen LogP contribution in [-0.2, 0) is 12.6 Å². The largest absolute Gasteiger partial charge is 0.330 e. The molecule has 3 heteroatoms. The fraction of sp³-hybridized carbons (Fsp3) is 0.533. The standard InChI is InChI=1S/C15H21N3/c1-11-6-7-13-12(10-11)17-14(18(13)2)15(16)8-4-3-5-9-15/h6-7,10H,3-5,8-9,16H2,1-2H3. The fourth-order valence-corrected chi connectivity index (χ4v) is 3.16. The minimum Gasteiger partial charge on any atom is -0.330 e. The molecule has 18 heavy (non-hydrogen) atoms. The summed E-state index contributed by atoms with van der Waals surface area (Å²) in [6.45, 7) is 2.10. The Balaban J connectivity index is 2.14. The van der Waals surface area contributed by atoms with Gasteiger partial charge in [0.1, 0.15) is 5.82 Å². The van der Waals surface area contributed by atoms with Gasteiger partial charge in [0.15, 0.2) is 0 Å². The predicted octanol–water partition coefficient (Wildman–Crippen LogP) is 3.00. The van der Waals surface area contributed by atoms with Crippen molar-refractivity contribution in [3.05, 3.63) is 29.6 Å². The number of benzene rings is 1. The third-order valence-electron chi connectivity index (χ3n) is 4.23. The summed E-state index contributed by atoms with van der Waals surface area (Å²) in [7, 11) is 2.09. The van der Waals surface area contributed by atoms with Crippen LogP contribution in [0.5, 0.6) is 0 Å². The molecule has 2 aromatic rings. The van der Waals surface area contributed by atoms with Crippen molar-refractivity contribution in [1.82, 2.24) is 9.55 Å². The zero-order valence-electron chi connectivity index (χ0n) is 11.2. The molecule has 1 aromatic heterocycles. The first-order valence-electron chi connectivity index (χ1n) is 6.83. The van der Waals surface area contributed by atoms with E-state index < -0.39 is 0 Å². The van der Waals surface area contributed by atoms with Crippen LogP contribution in [0.25, 0.3) is 11.0 Å². The van der Waals surface area contributed by atoms with Crippen molar-refractivity contribution in [2.75, 3.05) is 0 Å². The molecule has 0 saturated heterocycles. The van der Waals surface area contributed by atoms with Crippen LogP contribution >= 0.6 is 0 Å². The topological polar surface area (TPSA) is 43.8 Å². The third kappa shape index (κ3) is 1.74. The van der Waals surface area contributed by atoms with Crippen LogP contribution in [0, 0.1) is 6.92 Å². The Morgan fingerprint density at radius 3 is 2.67 bits per heavy atom. The van der Waals surface area contributed by atoms with Crippen molar-refractivity contribution in [2.24, 2.45) is 12.8 Å². The summed E-state index contributed by atoms with van der Waals surface area (Å²) in [6, 6.07) is 6.43. The molecule has 1 fully saturated rings. The first-order valence-corrected chi connectivity index (χ1v) is 6.83. The molecular weight excluding hydrogens is 222 g/mol. The van der Waals surface area contributed by atoms with E-state index in [1.165, 1.54) is 30.3 Å². The number of aromatic nitrogens is 2. The summed E-state index contributed by atoms with van der Waals surface area (Å²) >= 11 is 0. The van der Waals surface area contributed by atoms with Crippen molar-refractivity contribution in [3.8, 4) is 0 Å². The van der Waals surface area contributed by atoms with E-state index in [0.717, 1.165) is 24.2 Å². The summed E-state index contributed by atoms with van der Waals surface area (Å²) in [5.41, 5.74) is 9.89. The molecule has 0 radical (unpaired) electrons. The molecule has 2 N–H and O–H groups in total. The highest BCUT2D eigenvalue weighted by Crippen LogP contribution is 2.35. The van der Waals surface area contributed by atoms with Gasteiger partial charge in [-0.05, 0) is 37.5 Å². The van der Waals surface area contributed by atoms with Crippen LogP contribution in [0.1, 0.15) is 43.5 Å². The van der Waals surface area contributed by atoms with E-state index in [0.29, 0.717) is 0 Å². The Morgan fingerprint density at radius 2 is 1.94 bits per heavy atom. The third-order valence-corrected chi connectivity index (χ3v) is 4.23. The second-order valence-electron chi connectivity index (χ2n) is 5.70. The number of imidazole rings is 1. The molecule has 3 rings (SSSR count). The minimum absolute atomic E-state index is 0.222. The first kappa shape index (κ1) is 11.7. The van der Waals surface area contributed by atoms with Crippen molar-refractivity contribution >= 4 is 11.0 Å². The van der Waals surface area contributed by atoms with E-state index in [4.69, 9.17) is 10.7 Å². The molecule has 0 unspecified atom stereocenters. The lowest BCUT2D eigenvalue weighted by molar-refractivity contribution is 0.282.